The van der Waals surface area contributed by atoms with Crippen LogP contribution in [0.15, 0.2) is 53.1 Å². The second-order valence-electron chi connectivity index (χ2n) is 5.77. The van der Waals surface area contributed by atoms with Crippen LogP contribution in [-0.4, -0.2) is 24.3 Å². The van der Waals surface area contributed by atoms with Gasteiger partial charge in [0.05, 0.1) is 12.1 Å². The minimum atomic E-state index is -0.358. The molecule has 0 saturated heterocycles. The number of aromatic nitrogens is 1. The van der Waals surface area contributed by atoms with E-state index in [9.17, 15) is 9.18 Å². The van der Waals surface area contributed by atoms with Crippen LogP contribution in [0.1, 0.15) is 5.69 Å². The Bertz CT molecular complexity index is 937. The highest BCUT2D eigenvalue weighted by molar-refractivity contribution is 5.92. The van der Waals surface area contributed by atoms with Gasteiger partial charge in [-0.1, -0.05) is 5.16 Å². The molecule has 0 saturated carbocycles. The molecule has 0 radical (unpaired) electrons. The first-order chi connectivity index (χ1) is 12.7. The number of carbonyl (C=O) groups is 1. The molecule has 2 aromatic carbocycles. The highest BCUT2D eigenvalue weighted by atomic mass is 19.1. The van der Waals surface area contributed by atoms with E-state index in [1.54, 1.807) is 6.07 Å². The summed E-state index contributed by atoms with van der Waals surface area (Å²) in [6, 6.07) is 12.7. The number of rotatable bonds is 4. The standard InChI is InChI=1S/C19H15FN2O4/c20-13-2-4-14(5-3-13)21-19(23)11-15-10-17(26-22-15)12-1-6-16-18(9-12)25-8-7-24-16/h1-6,9-10H,7-8,11H2,(H,21,23). The number of anilines is 1. The van der Waals surface area contributed by atoms with Crippen LogP contribution in [0.5, 0.6) is 11.5 Å². The second-order valence-corrected chi connectivity index (χ2v) is 5.77. The summed E-state index contributed by atoms with van der Waals surface area (Å²) in [5, 5.41) is 6.62. The maximum atomic E-state index is 12.9. The maximum Gasteiger partial charge on any atom is 0.230 e. The van der Waals surface area contributed by atoms with Gasteiger partial charge in [-0.3, -0.25) is 4.79 Å². The number of benzene rings is 2. The van der Waals surface area contributed by atoms with Gasteiger partial charge < -0.3 is 19.3 Å². The molecule has 132 valence electrons. The maximum absolute atomic E-state index is 12.9. The normalized spacial score (nSPS) is 12.7. The number of nitrogens with zero attached hydrogens (tertiary/aromatic N) is 1. The molecule has 0 atom stereocenters. The summed E-state index contributed by atoms with van der Waals surface area (Å²) < 4.78 is 29.3. The fourth-order valence-corrected chi connectivity index (χ4v) is 2.63. The van der Waals surface area contributed by atoms with E-state index >= 15 is 0 Å². The van der Waals surface area contributed by atoms with Gasteiger partial charge in [-0.2, -0.15) is 0 Å². The fraction of sp³-hybridized carbons (Fsp3) is 0.158. The lowest BCUT2D eigenvalue weighted by atomic mass is 10.1. The third-order valence-electron chi connectivity index (χ3n) is 3.86. The molecule has 3 aromatic rings. The summed E-state index contributed by atoms with van der Waals surface area (Å²) >= 11 is 0. The molecule has 0 spiro atoms. The summed E-state index contributed by atoms with van der Waals surface area (Å²) in [7, 11) is 0. The van der Waals surface area contributed by atoms with Crippen molar-refractivity contribution in [2.24, 2.45) is 0 Å². The van der Waals surface area contributed by atoms with Crippen LogP contribution in [0.25, 0.3) is 11.3 Å². The van der Waals surface area contributed by atoms with Crippen molar-refractivity contribution in [3.8, 4) is 22.8 Å². The summed E-state index contributed by atoms with van der Waals surface area (Å²) in [5.74, 6) is 1.26. The van der Waals surface area contributed by atoms with Gasteiger partial charge in [-0.05, 0) is 42.5 Å². The molecule has 26 heavy (non-hydrogen) atoms. The lowest BCUT2D eigenvalue weighted by Crippen LogP contribution is -2.15. The zero-order valence-electron chi connectivity index (χ0n) is 13.7. The lowest BCUT2D eigenvalue weighted by Gasteiger charge is -2.18. The third-order valence-corrected chi connectivity index (χ3v) is 3.86. The quantitative estimate of drug-likeness (QED) is 0.777. The van der Waals surface area contributed by atoms with E-state index in [2.05, 4.69) is 10.5 Å². The van der Waals surface area contributed by atoms with Gasteiger partial charge in [0.2, 0.25) is 5.91 Å². The highest BCUT2D eigenvalue weighted by Crippen LogP contribution is 2.34. The van der Waals surface area contributed by atoms with E-state index in [1.165, 1.54) is 24.3 Å². The molecule has 1 aromatic heterocycles. The molecule has 0 aliphatic carbocycles. The Morgan fingerprint density at radius 1 is 1.04 bits per heavy atom. The van der Waals surface area contributed by atoms with Crippen molar-refractivity contribution in [2.45, 2.75) is 6.42 Å². The van der Waals surface area contributed by atoms with Gasteiger partial charge in [0.25, 0.3) is 0 Å². The van der Waals surface area contributed by atoms with Crippen LogP contribution in [0.4, 0.5) is 10.1 Å². The summed E-state index contributed by atoms with van der Waals surface area (Å²) in [6.45, 7) is 1.03. The van der Waals surface area contributed by atoms with Gasteiger partial charge in [-0.25, -0.2) is 4.39 Å². The van der Waals surface area contributed by atoms with Crippen molar-refractivity contribution in [1.82, 2.24) is 5.16 Å². The predicted molar refractivity (Wildman–Crippen MR) is 91.7 cm³/mol. The minimum Gasteiger partial charge on any atom is -0.486 e. The van der Waals surface area contributed by atoms with E-state index in [0.717, 1.165) is 5.56 Å². The Morgan fingerprint density at radius 2 is 1.81 bits per heavy atom. The summed E-state index contributed by atoms with van der Waals surface area (Å²) in [6.07, 6.45) is 0.0471. The van der Waals surface area contributed by atoms with Crippen LogP contribution in [0.2, 0.25) is 0 Å². The van der Waals surface area contributed by atoms with Crippen LogP contribution >= 0.6 is 0 Å². The van der Waals surface area contributed by atoms with Gasteiger partial charge >= 0.3 is 0 Å². The highest BCUT2D eigenvalue weighted by Gasteiger charge is 2.15. The molecule has 1 aliphatic rings. The second kappa shape index (κ2) is 6.87. The van der Waals surface area contributed by atoms with Crippen molar-refractivity contribution in [2.75, 3.05) is 18.5 Å². The number of hydrogen-bond acceptors (Lipinski definition) is 5. The van der Waals surface area contributed by atoms with Gasteiger partial charge in [0, 0.05) is 17.3 Å². The van der Waals surface area contributed by atoms with E-state index in [1.807, 2.05) is 18.2 Å². The van der Waals surface area contributed by atoms with Crippen molar-refractivity contribution in [1.29, 1.82) is 0 Å². The molecular weight excluding hydrogens is 339 g/mol. The first-order valence-electron chi connectivity index (χ1n) is 8.08. The Hall–Kier alpha value is -3.35. The number of fused-ring (bicyclic) bond motifs is 1. The largest absolute Gasteiger partial charge is 0.486 e. The van der Waals surface area contributed by atoms with Crippen LogP contribution in [0, 0.1) is 5.82 Å². The molecule has 2 heterocycles. The van der Waals surface area contributed by atoms with Crippen molar-refractivity contribution >= 4 is 11.6 Å². The molecule has 1 aliphatic heterocycles. The number of ether oxygens (including phenoxy) is 2. The molecule has 7 heteroatoms. The average molecular weight is 354 g/mol. The number of nitrogens with one attached hydrogen (secondary N) is 1. The Kier molecular flexibility index (Phi) is 4.27. The number of hydrogen-bond donors (Lipinski definition) is 1. The predicted octanol–water partition coefficient (Wildman–Crippen LogP) is 3.43. The summed E-state index contributed by atoms with van der Waals surface area (Å²) in [4.78, 5) is 12.1. The van der Waals surface area contributed by atoms with E-state index in [0.29, 0.717) is 41.9 Å². The molecule has 0 unspecified atom stereocenters. The zero-order valence-corrected chi connectivity index (χ0v) is 13.7. The van der Waals surface area contributed by atoms with Crippen molar-refractivity contribution in [3.05, 3.63) is 60.0 Å². The van der Waals surface area contributed by atoms with Gasteiger partial charge in [0.1, 0.15) is 19.0 Å². The third kappa shape index (κ3) is 3.51. The topological polar surface area (TPSA) is 73.6 Å². The Balaban J connectivity index is 1.44. The lowest BCUT2D eigenvalue weighted by molar-refractivity contribution is -0.115. The molecule has 1 N–H and O–H groups in total. The van der Waals surface area contributed by atoms with Crippen LogP contribution < -0.4 is 14.8 Å². The SMILES string of the molecule is O=C(Cc1cc(-c2ccc3c(c2)OCCO3)on1)Nc1ccc(F)cc1. The van der Waals surface area contributed by atoms with Crippen molar-refractivity contribution < 1.29 is 23.2 Å². The summed E-state index contributed by atoms with van der Waals surface area (Å²) in [5.41, 5.74) is 1.80. The molecule has 4 rings (SSSR count). The molecule has 1 amide bonds. The number of amides is 1. The monoisotopic (exact) mass is 354 g/mol. The van der Waals surface area contributed by atoms with E-state index in [-0.39, 0.29) is 18.1 Å². The first-order valence-corrected chi connectivity index (χ1v) is 8.08. The van der Waals surface area contributed by atoms with Crippen molar-refractivity contribution in [3.63, 3.8) is 0 Å². The zero-order chi connectivity index (χ0) is 17.9. The van der Waals surface area contributed by atoms with Crippen LogP contribution in [-0.2, 0) is 11.2 Å². The molecule has 6 nitrogen and oxygen atoms in total. The minimum absolute atomic E-state index is 0.0471. The number of carbonyl (C=O) groups excluding carboxylic acids is 1. The van der Waals surface area contributed by atoms with Gasteiger partial charge in [-0.15, -0.1) is 0 Å². The van der Waals surface area contributed by atoms with E-state index < -0.39 is 0 Å². The first kappa shape index (κ1) is 16.1. The van der Waals surface area contributed by atoms with Gasteiger partial charge in [0.15, 0.2) is 17.3 Å². The average Bonchev–Trinajstić information content (AvgIpc) is 3.11. The molecule has 0 fully saturated rings. The fourth-order valence-electron chi connectivity index (χ4n) is 2.63. The Labute approximate surface area is 148 Å². The van der Waals surface area contributed by atoms with E-state index in [4.69, 9.17) is 14.0 Å². The Morgan fingerprint density at radius 3 is 2.62 bits per heavy atom. The number of halogens is 1. The van der Waals surface area contributed by atoms with Crippen LogP contribution in [0.3, 0.4) is 0 Å². The molecular formula is C19H15FN2O4. The molecule has 0 bridgehead atoms. The smallest absolute Gasteiger partial charge is 0.230 e.